The zero-order valence-corrected chi connectivity index (χ0v) is 7.15. The van der Waals surface area contributed by atoms with Crippen LogP contribution >= 0.6 is 7.37 Å². The van der Waals surface area contributed by atoms with E-state index in [0.29, 0.717) is 12.3 Å². The standard InChI is InChI=1S/C6H15O2P/c1-4-9(7,8)5-6(2)3/h6H,4-5H2,1-3H3,(H,7,8)/p-1. The minimum Gasteiger partial charge on any atom is -0.799 e. The lowest BCUT2D eigenvalue weighted by Gasteiger charge is -2.22. The van der Waals surface area contributed by atoms with Crippen molar-refractivity contribution < 1.29 is 9.46 Å². The molecule has 0 aromatic rings. The quantitative estimate of drug-likeness (QED) is 0.567. The second kappa shape index (κ2) is 3.38. The molecule has 0 bridgehead atoms. The zero-order chi connectivity index (χ0) is 7.49. The first-order chi connectivity index (χ1) is 3.98. The number of hydrogen-bond acceptors (Lipinski definition) is 2. The molecular weight excluding hydrogens is 135 g/mol. The highest BCUT2D eigenvalue weighted by Crippen LogP contribution is 2.36. The van der Waals surface area contributed by atoms with Crippen LogP contribution in [0.1, 0.15) is 20.8 Å². The van der Waals surface area contributed by atoms with Gasteiger partial charge in [-0.3, -0.25) is 0 Å². The van der Waals surface area contributed by atoms with Gasteiger partial charge >= 0.3 is 0 Å². The molecule has 0 radical (unpaired) electrons. The van der Waals surface area contributed by atoms with Crippen LogP contribution in [0.5, 0.6) is 0 Å². The lowest BCUT2D eigenvalue weighted by atomic mass is 10.3. The topological polar surface area (TPSA) is 40.1 Å². The Bertz CT molecular complexity index is 120. The minimum absolute atomic E-state index is 0.272. The molecule has 9 heavy (non-hydrogen) atoms. The maximum Gasteiger partial charge on any atom is 0.0147 e. The van der Waals surface area contributed by atoms with Gasteiger partial charge in [-0.05, 0) is 18.2 Å². The Hall–Kier alpha value is 0.190. The van der Waals surface area contributed by atoms with Gasteiger partial charge in [-0.2, -0.15) is 0 Å². The molecule has 0 aromatic carbocycles. The molecule has 0 aliphatic heterocycles. The van der Waals surface area contributed by atoms with Crippen molar-refractivity contribution in [2.75, 3.05) is 12.3 Å². The highest BCUT2D eigenvalue weighted by Gasteiger charge is 2.05. The molecule has 0 spiro atoms. The summed E-state index contributed by atoms with van der Waals surface area (Å²) in [4.78, 5) is 10.8. The van der Waals surface area contributed by atoms with Gasteiger partial charge in [0.25, 0.3) is 0 Å². The molecule has 0 saturated carbocycles. The van der Waals surface area contributed by atoms with Gasteiger partial charge in [0.05, 0.1) is 0 Å². The molecule has 0 N–H and O–H groups in total. The third kappa shape index (κ3) is 4.68. The fourth-order valence-corrected chi connectivity index (χ4v) is 2.06. The fourth-order valence-electron chi connectivity index (χ4n) is 0.685. The van der Waals surface area contributed by atoms with Gasteiger partial charge in [0.1, 0.15) is 0 Å². The molecular formula is C6H14O2P-. The minimum atomic E-state index is -2.98. The number of hydrogen-bond donors (Lipinski definition) is 0. The molecule has 0 saturated heterocycles. The third-order valence-electron chi connectivity index (χ3n) is 1.13. The van der Waals surface area contributed by atoms with E-state index in [1.165, 1.54) is 0 Å². The summed E-state index contributed by atoms with van der Waals surface area (Å²) < 4.78 is 10.8. The maximum absolute atomic E-state index is 10.8. The van der Waals surface area contributed by atoms with Crippen LogP contribution in [0.4, 0.5) is 0 Å². The summed E-state index contributed by atoms with van der Waals surface area (Å²) >= 11 is 0. The molecule has 2 nitrogen and oxygen atoms in total. The van der Waals surface area contributed by atoms with Crippen LogP contribution in [0, 0.1) is 5.92 Å². The van der Waals surface area contributed by atoms with E-state index in [9.17, 15) is 9.46 Å². The summed E-state index contributed by atoms with van der Waals surface area (Å²) in [6, 6.07) is 0. The van der Waals surface area contributed by atoms with Crippen LogP contribution in [-0.2, 0) is 4.57 Å². The smallest absolute Gasteiger partial charge is 0.0147 e. The van der Waals surface area contributed by atoms with E-state index in [4.69, 9.17) is 0 Å². The van der Waals surface area contributed by atoms with Crippen LogP contribution in [0.25, 0.3) is 0 Å². The van der Waals surface area contributed by atoms with Crippen molar-refractivity contribution in [2.45, 2.75) is 20.8 Å². The maximum atomic E-state index is 10.8. The molecule has 0 aromatic heterocycles. The predicted octanol–water partition coefficient (Wildman–Crippen LogP) is 1.30. The lowest BCUT2D eigenvalue weighted by molar-refractivity contribution is -0.175. The highest BCUT2D eigenvalue weighted by molar-refractivity contribution is 7.56. The van der Waals surface area contributed by atoms with Gasteiger partial charge in [0.2, 0.25) is 0 Å². The van der Waals surface area contributed by atoms with Crippen molar-refractivity contribution in [1.29, 1.82) is 0 Å². The number of rotatable bonds is 3. The first-order valence-corrected chi connectivity index (χ1v) is 5.26. The van der Waals surface area contributed by atoms with Crippen molar-refractivity contribution in [3.63, 3.8) is 0 Å². The summed E-state index contributed by atoms with van der Waals surface area (Å²) in [5.74, 6) is 0.272. The zero-order valence-electron chi connectivity index (χ0n) is 6.26. The third-order valence-corrected chi connectivity index (χ3v) is 3.38. The van der Waals surface area contributed by atoms with Gasteiger partial charge in [-0.15, -0.1) is 0 Å². The molecule has 0 fully saturated rings. The molecule has 3 heteroatoms. The van der Waals surface area contributed by atoms with Crippen molar-refractivity contribution in [2.24, 2.45) is 5.92 Å². The largest absolute Gasteiger partial charge is 0.799 e. The van der Waals surface area contributed by atoms with Gasteiger partial charge < -0.3 is 9.46 Å². The van der Waals surface area contributed by atoms with E-state index in [-0.39, 0.29) is 5.92 Å². The van der Waals surface area contributed by atoms with E-state index in [2.05, 4.69) is 0 Å². The fraction of sp³-hybridized carbons (Fsp3) is 1.00. The van der Waals surface area contributed by atoms with E-state index in [1.807, 2.05) is 13.8 Å². The van der Waals surface area contributed by atoms with Crippen molar-refractivity contribution in [3.8, 4) is 0 Å². The van der Waals surface area contributed by atoms with E-state index >= 15 is 0 Å². The SMILES string of the molecule is CCP(=O)([O-])CC(C)C. The Morgan fingerprint density at radius 1 is 1.56 bits per heavy atom. The molecule has 0 heterocycles. The van der Waals surface area contributed by atoms with Crippen LogP contribution < -0.4 is 4.89 Å². The normalized spacial score (nSPS) is 17.9. The van der Waals surface area contributed by atoms with E-state index in [1.54, 1.807) is 6.92 Å². The molecule has 1 atom stereocenters. The first kappa shape index (κ1) is 9.19. The molecule has 0 aliphatic rings. The lowest BCUT2D eigenvalue weighted by Crippen LogP contribution is -2.10. The van der Waals surface area contributed by atoms with Crippen LogP contribution in [0.3, 0.4) is 0 Å². The van der Waals surface area contributed by atoms with Crippen LogP contribution in [0.2, 0.25) is 0 Å². The molecule has 0 aliphatic carbocycles. The van der Waals surface area contributed by atoms with E-state index < -0.39 is 7.37 Å². The molecule has 1 unspecified atom stereocenters. The average molecular weight is 149 g/mol. The van der Waals surface area contributed by atoms with E-state index in [0.717, 1.165) is 0 Å². The monoisotopic (exact) mass is 149 g/mol. The Kier molecular flexibility index (Phi) is 3.45. The first-order valence-electron chi connectivity index (χ1n) is 3.27. The second-order valence-corrected chi connectivity index (χ2v) is 5.33. The van der Waals surface area contributed by atoms with Crippen molar-refractivity contribution in [3.05, 3.63) is 0 Å². The molecule has 0 rings (SSSR count). The summed E-state index contributed by atoms with van der Waals surface area (Å²) in [5.41, 5.74) is 0. The van der Waals surface area contributed by atoms with Crippen molar-refractivity contribution in [1.82, 2.24) is 0 Å². The van der Waals surface area contributed by atoms with Gasteiger partial charge in [-0.1, -0.05) is 20.8 Å². The Morgan fingerprint density at radius 3 is 2.11 bits per heavy atom. The Morgan fingerprint density at radius 2 is 2.00 bits per heavy atom. The van der Waals surface area contributed by atoms with Crippen LogP contribution in [0.15, 0.2) is 0 Å². The summed E-state index contributed by atoms with van der Waals surface area (Å²) in [6.45, 7) is 5.52. The predicted molar refractivity (Wildman–Crippen MR) is 37.9 cm³/mol. The average Bonchev–Trinajstić information content (AvgIpc) is 1.63. The van der Waals surface area contributed by atoms with Crippen LogP contribution in [-0.4, -0.2) is 12.3 Å². The van der Waals surface area contributed by atoms with Gasteiger partial charge in [-0.25, -0.2) is 0 Å². The molecule has 0 amide bonds. The summed E-state index contributed by atoms with van der Waals surface area (Å²) in [5, 5.41) is 0. The highest BCUT2D eigenvalue weighted by atomic mass is 31.2. The second-order valence-electron chi connectivity index (χ2n) is 2.71. The summed E-state index contributed by atoms with van der Waals surface area (Å²) in [7, 11) is -2.98. The van der Waals surface area contributed by atoms with Gasteiger partial charge in [0, 0.05) is 7.37 Å². The van der Waals surface area contributed by atoms with Crippen molar-refractivity contribution >= 4 is 7.37 Å². The molecule has 56 valence electrons. The van der Waals surface area contributed by atoms with Gasteiger partial charge in [0.15, 0.2) is 0 Å². The Labute approximate surface area is 56.7 Å². The summed E-state index contributed by atoms with van der Waals surface area (Å²) in [6.07, 6.45) is 0.648. The Balaban J connectivity index is 3.73.